The van der Waals surface area contributed by atoms with Crippen LogP contribution in [-0.4, -0.2) is 22.6 Å². The fourth-order valence-electron chi connectivity index (χ4n) is 1.54. The van der Waals surface area contributed by atoms with Crippen LogP contribution in [0.25, 0.3) is 0 Å². The molecular formula is C15H18N4O2. The molecule has 0 saturated heterocycles. The maximum Gasteiger partial charge on any atom is 0.324 e. The Bertz CT molecular complexity index is 570. The van der Waals surface area contributed by atoms with E-state index in [-0.39, 0.29) is 6.03 Å². The van der Waals surface area contributed by atoms with Crippen molar-refractivity contribution >= 4 is 17.5 Å². The van der Waals surface area contributed by atoms with Crippen molar-refractivity contribution in [3.8, 4) is 5.75 Å². The van der Waals surface area contributed by atoms with Gasteiger partial charge in [0, 0.05) is 18.1 Å². The van der Waals surface area contributed by atoms with Gasteiger partial charge in [-0.2, -0.15) is 0 Å². The number of carbonyl (C=O) groups excluding carboxylic acids is 1. The Morgan fingerprint density at radius 2 is 1.95 bits per heavy atom. The van der Waals surface area contributed by atoms with Crippen LogP contribution in [0.1, 0.15) is 13.8 Å². The lowest BCUT2D eigenvalue weighted by Gasteiger charge is -2.10. The topological polar surface area (TPSA) is 76.1 Å². The Balaban J connectivity index is 1.86. The monoisotopic (exact) mass is 286 g/mol. The Morgan fingerprint density at radius 3 is 2.57 bits per heavy atom. The molecule has 0 unspecified atom stereocenters. The molecule has 2 N–H and O–H groups in total. The lowest BCUT2D eigenvalue weighted by molar-refractivity contribution is 0.262. The second-order valence-corrected chi connectivity index (χ2v) is 4.90. The molecule has 1 aromatic heterocycles. The number of hydrogen-bond acceptors (Lipinski definition) is 4. The largest absolute Gasteiger partial charge is 0.493 e. The van der Waals surface area contributed by atoms with E-state index in [1.54, 1.807) is 18.3 Å². The van der Waals surface area contributed by atoms with Gasteiger partial charge in [-0.15, -0.1) is 0 Å². The summed E-state index contributed by atoms with van der Waals surface area (Å²) in [4.78, 5) is 19.6. The number of nitrogens with one attached hydrogen (secondary N) is 2. The van der Waals surface area contributed by atoms with Crippen LogP contribution >= 0.6 is 0 Å². The molecule has 0 aliphatic carbocycles. The van der Waals surface area contributed by atoms with Crippen LogP contribution in [-0.2, 0) is 0 Å². The molecule has 0 saturated carbocycles. The Kier molecular flexibility index (Phi) is 5.09. The number of anilines is 2. The van der Waals surface area contributed by atoms with Gasteiger partial charge in [-0.25, -0.2) is 9.78 Å². The summed E-state index contributed by atoms with van der Waals surface area (Å²) >= 11 is 0. The second-order valence-electron chi connectivity index (χ2n) is 4.90. The molecule has 110 valence electrons. The number of hydrogen-bond donors (Lipinski definition) is 2. The van der Waals surface area contributed by atoms with Crippen LogP contribution in [0.2, 0.25) is 0 Å². The first-order valence-corrected chi connectivity index (χ1v) is 6.70. The molecule has 0 radical (unpaired) electrons. The molecule has 0 aliphatic rings. The SMILES string of the molecule is CC(C)COc1ccc(NC(=O)Nc2cnccn2)cc1. The van der Waals surface area contributed by atoms with E-state index in [1.807, 2.05) is 12.1 Å². The van der Waals surface area contributed by atoms with E-state index >= 15 is 0 Å². The van der Waals surface area contributed by atoms with Gasteiger partial charge < -0.3 is 10.1 Å². The van der Waals surface area contributed by atoms with E-state index in [0.29, 0.717) is 24.0 Å². The molecule has 2 aromatic rings. The molecule has 0 spiro atoms. The van der Waals surface area contributed by atoms with Gasteiger partial charge >= 0.3 is 6.03 Å². The van der Waals surface area contributed by atoms with Gasteiger partial charge in [-0.05, 0) is 30.2 Å². The zero-order valence-electron chi connectivity index (χ0n) is 12.0. The van der Waals surface area contributed by atoms with Crippen molar-refractivity contribution in [3.05, 3.63) is 42.9 Å². The first-order chi connectivity index (χ1) is 10.1. The predicted octanol–water partition coefficient (Wildman–Crippen LogP) is 3.16. The zero-order chi connectivity index (χ0) is 15.1. The summed E-state index contributed by atoms with van der Waals surface area (Å²) in [5.74, 6) is 1.65. The zero-order valence-corrected chi connectivity index (χ0v) is 12.0. The standard InChI is InChI=1S/C15H18N4O2/c1-11(2)10-21-13-5-3-12(4-6-13)18-15(20)19-14-9-16-7-8-17-14/h3-9,11H,10H2,1-2H3,(H2,17,18,19,20). The smallest absolute Gasteiger partial charge is 0.324 e. The van der Waals surface area contributed by atoms with Crippen molar-refractivity contribution in [1.82, 2.24) is 9.97 Å². The van der Waals surface area contributed by atoms with Crippen LogP contribution in [0, 0.1) is 5.92 Å². The number of ether oxygens (including phenoxy) is 1. The van der Waals surface area contributed by atoms with Crippen molar-refractivity contribution in [2.75, 3.05) is 17.2 Å². The normalized spacial score (nSPS) is 10.2. The third-order valence-electron chi connectivity index (χ3n) is 2.50. The average molecular weight is 286 g/mol. The van der Waals surface area contributed by atoms with Gasteiger partial charge in [0.25, 0.3) is 0 Å². The highest BCUT2D eigenvalue weighted by Crippen LogP contribution is 2.16. The lowest BCUT2D eigenvalue weighted by atomic mass is 10.2. The molecular weight excluding hydrogens is 268 g/mol. The van der Waals surface area contributed by atoms with Crippen LogP contribution in [0.5, 0.6) is 5.75 Å². The highest BCUT2D eigenvalue weighted by atomic mass is 16.5. The maximum absolute atomic E-state index is 11.8. The Labute approximate surface area is 123 Å². The van der Waals surface area contributed by atoms with Crippen molar-refractivity contribution in [1.29, 1.82) is 0 Å². The molecule has 1 heterocycles. The number of rotatable bonds is 5. The number of benzene rings is 1. The van der Waals surface area contributed by atoms with Gasteiger partial charge in [0.2, 0.25) is 0 Å². The van der Waals surface area contributed by atoms with Crippen LogP contribution in [0.3, 0.4) is 0 Å². The third-order valence-corrected chi connectivity index (χ3v) is 2.50. The number of nitrogens with zero attached hydrogens (tertiary/aromatic N) is 2. The quantitative estimate of drug-likeness (QED) is 0.885. The van der Waals surface area contributed by atoms with Crippen molar-refractivity contribution < 1.29 is 9.53 Å². The van der Waals surface area contributed by atoms with Crippen molar-refractivity contribution in [2.24, 2.45) is 5.92 Å². The molecule has 2 rings (SSSR count). The molecule has 6 heteroatoms. The van der Waals surface area contributed by atoms with E-state index in [0.717, 1.165) is 5.75 Å². The maximum atomic E-state index is 11.8. The fourth-order valence-corrected chi connectivity index (χ4v) is 1.54. The Hall–Kier alpha value is -2.63. The number of aromatic nitrogens is 2. The Morgan fingerprint density at radius 1 is 1.19 bits per heavy atom. The van der Waals surface area contributed by atoms with E-state index in [1.165, 1.54) is 12.4 Å². The number of amides is 2. The van der Waals surface area contributed by atoms with Crippen molar-refractivity contribution in [3.63, 3.8) is 0 Å². The van der Waals surface area contributed by atoms with Gasteiger partial charge in [0.1, 0.15) is 5.75 Å². The molecule has 6 nitrogen and oxygen atoms in total. The van der Waals surface area contributed by atoms with Crippen LogP contribution < -0.4 is 15.4 Å². The summed E-state index contributed by atoms with van der Waals surface area (Å²) in [5, 5.41) is 5.30. The minimum atomic E-state index is -0.369. The highest BCUT2D eigenvalue weighted by Gasteiger charge is 2.04. The van der Waals surface area contributed by atoms with Gasteiger partial charge in [0.05, 0.1) is 12.8 Å². The molecule has 0 aliphatic heterocycles. The summed E-state index contributed by atoms with van der Waals surface area (Å²) in [6.07, 6.45) is 4.53. The summed E-state index contributed by atoms with van der Waals surface area (Å²) in [7, 11) is 0. The second kappa shape index (κ2) is 7.23. The molecule has 0 fully saturated rings. The summed E-state index contributed by atoms with van der Waals surface area (Å²) < 4.78 is 5.58. The van der Waals surface area contributed by atoms with E-state index in [9.17, 15) is 4.79 Å². The van der Waals surface area contributed by atoms with E-state index < -0.39 is 0 Å². The first-order valence-electron chi connectivity index (χ1n) is 6.70. The first kappa shape index (κ1) is 14.8. The predicted molar refractivity (Wildman–Crippen MR) is 81.4 cm³/mol. The van der Waals surface area contributed by atoms with E-state index in [2.05, 4.69) is 34.4 Å². The summed E-state index contributed by atoms with van der Waals surface area (Å²) in [5.41, 5.74) is 0.674. The molecule has 1 aromatic carbocycles. The van der Waals surface area contributed by atoms with Gasteiger partial charge in [-0.3, -0.25) is 10.3 Å². The number of urea groups is 1. The minimum Gasteiger partial charge on any atom is -0.493 e. The average Bonchev–Trinajstić information content (AvgIpc) is 2.47. The van der Waals surface area contributed by atoms with Crippen LogP contribution in [0.15, 0.2) is 42.9 Å². The lowest BCUT2D eigenvalue weighted by Crippen LogP contribution is -2.20. The van der Waals surface area contributed by atoms with Crippen molar-refractivity contribution in [2.45, 2.75) is 13.8 Å². The molecule has 0 bridgehead atoms. The molecule has 0 atom stereocenters. The van der Waals surface area contributed by atoms with Gasteiger partial charge in [0.15, 0.2) is 5.82 Å². The summed E-state index contributed by atoms with van der Waals surface area (Å²) in [6, 6.07) is 6.84. The highest BCUT2D eigenvalue weighted by molar-refractivity contribution is 5.99. The van der Waals surface area contributed by atoms with Crippen LogP contribution in [0.4, 0.5) is 16.3 Å². The fraction of sp³-hybridized carbons (Fsp3) is 0.267. The summed E-state index contributed by atoms with van der Waals surface area (Å²) in [6.45, 7) is 4.85. The molecule has 2 amide bonds. The minimum absolute atomic E-state index is 0.369. The van der Waals surface area contributed by atoms with Gasteiger partial charge in [-0.1, -0.05) is 13.8 Å². The van der Waals surface area contributed by atoms with E-state index in [4.69, 9.17) is 4.74 Å². The number of carbonyl (C=O) groups is 1. The molecule has 21 heavy (non-hydrogen) atoms. The third kappa shape index (κ3) is 5.10.